The zero-order valence-corrected chi connectivity index (χ0v) is 12.5. The average molecular weight is 288 g/mol. The normalized spacial score (nSPS) is 12.0. The Balaban J connectivity index is 2.67. The molecule has 0 saturated carbocycles. The Hall–Kier alpha value is -1.23. The molecular formula is C15H23F3N2. The van der Waals surface area contributed by atoms with Gasteiger partial charge in [0, 0.05) is 31.9 Å². The van der Waals surface area contributed by atoms with Gasteiger partial charge in [-0.05, 0) is 24.1 Å². The first-order valence-corrected chi connectivity index (χ1v) is 6.80. The van der Waals surface area contributed by atoms with E-state index in [1.165, 1.54) is 0 Å². The van der Waals surface area contributed by atoms with E-state index < -0.39 is 12.6 Å². The van der Waals surface area contributed by atoms with Gasteiger partial charge >= 0.3 is 6.18 Å². The van der Waals surface area contributed by atoms with E-state index in [9.17, 15) is 13.2 Å². The van der Waals surface area contributed by atoms with Crippen molar-refractivity contribution in [2.45, 2.75) is 46.0 Å². The topological polar surface area (TPSA) is 15.3 Å². The van der Waals surface area contributed by atoms with Gasteiger partial charge in [0.25, 0.3) is 0 Å². The van der Waals surface area contributed by atoms with Crippen LogP contribution in [0, 0.1) is 6.92 Å². The summed E-state index contributed by atoms with van der Waals surface area (Å²) >= 11 is 0. The molecule has 0 fully saturated rings. The van der Waals surface area contributed by atoms with Crippen LogP contribution in [0.5, 0.6) is 0 Å². The molecule has 0 atom stereocenters. The van der Waals surface area contributed by atoms with E-state index in [0.29, 0.717) is 6.04 Å². The van der Waals surface area contributed by atoms with Crippen molar-refractivity contribution in [2.75, 3.05) is 18.5 Å². The summed E-state index contributed by atoms with van der Waals surface area (Å²) in [5.74, 6) is 0. The predicted octanol–water partition coefficient (Wildman–Crippen LogP) is 3.88. The van der Waals surface area contributed by atoms with Crippen LogP contribution in [0.1, 0.15) is 31.4 Å². The summed E-state index contributed by atoms with van der Waals surface area (Å²) in [6.45, 7) is 6.83. The van der Waals surface area contributed by atoms with Crippen molar-refractivity contribution in [2.24, 2.45) is 0 Å². The lowest BCUT2D eigenvalue weighted by Crippen LogP contribution is -2.25. The molecule has 5 heteroatoms. The molecule has 1 N–H and O–H groups in total. The van der Waals surface area contributed by atoms with Gasteiger partial charge in [-0.2, -0.15) is 13.2 Å². The molecule has 2 nitrogen and oxygen atoms in total. The number of nitrogens with zero attached hydrogens (tertiary/aromatic N) is 1. The molecule has 0 aromatic heterocycles. The third-order valence-corrected chi connectivity index (χ3v) is 3.12. The van der Waals surface area contributed by atoms with Crippen molar-refractivity contribution in [1.82, 2.24) is 5.32 Å². The van der Waals surface area contributed by atoms with Gasteiger partial charge in [-0.3, -0.25) is 0 Å². The molecule has 0 bridgehead atoms. The standard InChI is InChI=1S/C15H23F3N2/c1-11(2)19-10-13-5-6-14(12(3)9-13)20(4)8-7-15(16,17)18/h5-6,9,11,19H,7-8,10H2,1-4H3. The summed E-state index contributed by atoms with van der Waals surface area (Å²) in [5.41, 5.74) is 2.99. The van der Waals surface area contributed by atoms with Crippen LogP contribution in [-0.4, -0.2) is 25.8 Å². The predicted molar refractivity (Wildman–Crippen MR) is 77.1 cm³/mol. The second kappa shape index (κ2) is 6.97. The third kappa shape index (κ3) is 5.82. The molecule has 0 radical (unpaired) electrons. The van der Waals surface area contributed by atoms with Crippen LogP contribution in [0.15, 0.2) is 18.2 Å². The van der Waals surface area contributed by atoms with Gasteiger partial charge in [0.15, 0.2) is 0 Å². The van der Waals surface area contributed by atoms with E-state index in [1.54, 1.807) is 11.9 Å². The molecule has 0 unspecified atom stereocenters. The second-order valence-corrected chi connectivity index (χ2v) is 5.44. The smallest absolute Gasteiger partial charge is 0.374 e. The van der Waals surface area contributed by atoms with Crippen molar-refractivity contribution in [3.63, 3.8) is 0 Å². The van der Waals surface area contributed by atoms with Gasteiger partial charge < -0.3 is 10.2 Å². The molecule has 0 saturated heterocycles. The van der Waals surface area contributed by atoms with Crippen LogP contribution in [0.2, 0.25) is 0 Å². The van der Waals surface area contributed by atoms with Gasteiger partial charge in [0.05, 0.1) is 6.42 Å². The lowest BCUT2D eigenvalue weighted by atomic mass is 10.1. The van der Waals surface area contributed by atoms with E-state index >= 15 is 0 Å². The molecule has 0 aliphatic rings. The number of alkyl halides is 3. The summed E-state index contributed by atoms with van der Waals surface area (Å²) in [5, 5.41) is 3.32. The fraction of sp³-hybridized carbons (Fsp3) is 0.600. The average Bonchev–Trinajstić information content (AvgIpc) is 2.32. The minimum Gasteiger partial charge on any atom is -0.374 e. The molecule has 1 aromatic carbocycles. The second-order valence-electron chi connectivity index (χ2n) is 5.44. The molecule has 1 aromatic rings. The van der Waals surface area contributed by atoms with Crippen LogP contribution in [0.4, 0.5) is 18.9 Å². The molecule has 1 rings (SSSR count). The van der Waals surface area contributed by atoms with Crippen molar-refractivity contribution < 1.29 is 13.2 Å². The van der Waals surface area contributed by atoms with Gasteiger partial charge in [0.1, 0.15) is 0 Å². The number of benzene rings is 1. The fourth-order valence-electron chi connectivity index (χ4n) is 1.99. The molecule has 114 valence electrons. The van der Waals surface area contributed by atoms with Gasteiger partial charge in [-0.15, -0.1) is 0 Å². The number of hydrogen-bond acceptors (Lipinski definition) is 2. The van der Waals surface area contributed by atoms with Crippen LogP contribution in [-0.2, 0) is 6.54 Å². The summed E-state index contributed by atoms with van der Waals surface area (Å²) in [7, 11) is 1.69. The maximum absolute atomic E-state index is 12.2. The van der Waals surface area contributed by atoms with Crippen LogP contribution < -0.4 is 10.2 Å². The highest BCUT2D eigenvalue weighted by atomic mass is 19.4. The highest BCUT2D eigenvalue weighted by Crippen LogP contribution is 2.24. The SMILES string of the molecule is Cc1cc(CNC(C)C)ccc1N(C)CCC(F)(F)F. The third-order valence-electron chi connectivity index (χ3n) is 3.12. The van der Waals surface area contributed by atoms with Crippen molar-refractivity contribution in [3.05, 3.63) is 29.3 Å². The van der Waals surface area contributed by atoms with E-state index in [0.717, 1.165) is 23.4 Å². The van der Waals surface area contributed by atoms with Crippen molar-refractivity contribution in [1.29, 1.82) is 0 Å². The van der Waals surface area contributed by atoms with Crippen LogP contribution in [0.3, 0.4) is 0 Å². The number of aryl methyl sites for hydroxylation is 1. The van der Waals surface area contributed by atoms with Crippen molar-refractivity contribution >= 4 is 5.69 Å². The van der Waals surface area contributed by atoms with E-state index in [2.05, 4.69) is 19.2 Å². The van der Waals surface area contributed by atoms with Crippen LogP contribution >= 0.6 is 0 Å². The first kappa shape index (κ1) is 16.8. The maximum Gasteiger partial charge on any atom is 0.390 e. The Kier molecular flexibility index (Phi) is 5.87. The number of anilines is 1. The Labute approximate surface area is 119 Å². The number of halogens is 3. The summed E-state index contributed by atoms with van der Waals surface area (Å²) in [6.07, 6.45) is -4.90. The number of nitrogens with one attached hydrogen (secondary N) is 1. The fourth-order valence-corrected chi connectivity index (χ4v) is 1.99. The Bertz CT molecular complexity index is 428. The Morgan fingerprint density at radius 3 is 2.40 bits per heavy atom. The quantitative estimate of drug-likeness (QED) is 0.854. The monoisotopic (exact) mass is 288 g/mol. The highest BCUT2D eigenvalue weighted by Gasteiger charge is 2.27. The minimum atomic E-state index is -4.11. The van der Waals surface area contributed by atoms with Crippen molar-refractivity contribution in [3.8, 4) is 0 Å². The first-order valence-electron chi connectivity index (χ1n) is 6.80. The summed E-state index contributed by atoms with van der Waals surface area (Å²) in [6, 6.07) is 6.28. The lowest BCUT2D eigenvalue weighted by Gasteiger charge is -2.22. The number of hydrogen-bond donors (Lipinski definition) is 1. The van der Waals surface area contributed by atoms with Gasteiger partial charge in [-0.25, -0.2) is 0 Å². The molecule has 0 amide bonds. The molecular weight excluding hydrogens is 265 g/mol. The molecule has 20 heavy (non-hydrogen) atoms. The summed E-state index contributed by atoms with van der Waals surface area (Å²) in [4.78, 5) is 1.66. The van der Waals surface area contributed by atoms with Crippen LogP contribution in [0.25, 0.3) is 0 Å². The largest absolute Gasteiger partial charge is 0.390 e. The maximum atomic E-state index is 12.2. The van der Waals surface area contributed by atoms with Gasteiger partial charge in [-0.1, -0.05) is 26.0 Å². The van der Waals surface area contributed by atoms with E-state index in [1.807, 2.05) is 25.1 Å². The van der Waals surface area contributed by atoms with E-state index in [-0.39, 0.29) is 6.54 Å². The number of rotatable bonds is 6. The molecule has 0 spiro atoms. The Morgan fingerprint density at radius 2 is 1.90 bits per heavy atom. The minimum absolute atomic E-state index is 0.0199. The zero-order chi connectivity index (χ0) is 15.3. The first-order chi connectivity index (χ1) is 9.19. The highest BCUT2D eigenvalue weighted by molar-refractivity contribution is 5.53. The summed E-state index contributed by atoms with van der Waals surface area (Å²) < 4.78 is 36.7. The lowest BCUT2D eigenvalue weighted by molar-refractivity contribution is -0.132. The van der Waals surface area contributed by atoms with E-state index in [4.69, 9.17) is 0 Å². The Morgan fingerprint density at radius 1 is 1.25 bits per heavy atom. The molecule has 0 aliphatic carbocycles. The molecule has 0 heterocycles. The zero-order valence-electron chi connectivity index (χ0n) is 12.5. The molecule has 0 aliphatic heterocycles. The van der Waals surface area contributed by atoms with Gasteiger partial charge in [0.2, 0.25) is 0 Å².